The van der Waals surface area contributed by atoms with Crippen molar-refractivity contribution in [2.45, 2.75) is 5.03 Å². The van der Waals surface area contributed by atoms with E-state index in [4.69, 9.17) is 0 Å². The van der Waals surface area contributed by atoms with E-state index in [1.807, 2.05) is 84.9 Å². The molecule has 34 heavy (non-hydrogen) atoms. The highest BCUT2D eigenvalue weighted by atomic mass is 32.2. The summed E-state index contributed by atoms with van der Waals surface area (Å²) in [7, 11) is 0. The molecule has 0 atom stereocenters. The van der Waals surface area contributed by atoms with E-state index < -0.39 is 0 Å². The Hall–Kier alpha value is -4.03. The average Bonchev–Trinajstić information content (AvgIpc) is 2.88. The van der Waals surface area contributed by atoms with Crippen LogP contribution in [0, 0.1) is 5.82 Å². The van der Waals surface area contributed by atoms with Gasteiger partial charge >= 0.3 is 0 Å². The summed E-state index contributed by atoms with van der Waals surface area (Å²) in [6, 6.07) is 31.6. The van der Waals surface area contributed by atoms with Crippen LogP contribution >= 0.6 is 11.8 Å². The molecule has 1 amide bonds. The number of para-hydroxylation sites is 1. The Morgan fingerprint density at radius 2 is 1.47 bits per heavy atom. The normalized spacial score (nSPS) is 10.9. The maximum Gasteiger partial charge on any atom is 0.234 e. The van der Waals surface area contributed by atoms with Crippen molar-refractivity contribution in [3.63, 3.8) is 0 Å². The minimum absolute atomic E-state index is 0.125. The third-order valence-electron chi connectivity index (χ3n) is 5.28. The molecule has 4 aromatic carbocycles. The van der Waals surface area contributed by atoms with E-state index in [1.54, 1.807) is 6.07 Å². The van der Waals surface area contributed by atoms with Gasteiger partial charge in [-0.15, -0.1) is 0 Å². The van der Waals surface area contributed by atoms with Crippen LogP contribution in [0.25, 0.3) is 33.4 Å². The van der Waals surface area contributed by atoms with Crippen LogP contribution in [-0.4, -0.2) is 21.6 Å². The summed E-state index contributed by atoms with van der Waals surface area (Å²) in [4.78, 5) is 22.1. The molecular formula is C28H20FN3OS. The number of rotatable bonds is 6. The minimum atomic E-state index is -0.369. The molecule has 0 saturated heterocycles. The number of nitrogens with one attached hydrogen (secondary N) is 1. The summed E-state index contributed by atoms with van der Waals surface area (Å²) in [5.74, 6) is 0.126. The molecule has 0 radical (unpaired) electrons. The van der Waals surface area contributed by atoms with Crippen molar-refractivity contribution < 1.29 is 9.18 Å². The van der Waals surface area contributed by atoms with Gasteiger partial charge in [-0.2, -0.15) is 0 Å². The number of hydrogen-bond acceptors (Lipinski definition) is 4. The number of anilines is 1. The van der Waals surface area contributed by atoms with Crippen molar-refractivity contribution in [1.82, 2.24) is 9.97 Å². The smallest absolute Gasteiger partial charge is 0.234 e. The average molecular weight is 466 g/mol. The van der Waals surface area contributed by atoms with Gasteiger partial charge in [0.05, 0.1) is 11.3 Å². The zero-order chi connectivity index (χ0) is 23.3. The van der Waals surface area contributed by atoms with Crippen LogP contribution in [0.2, 0.25) is 0 Å². The van der Waals surface area contributed by atoms with Gasteiger partial charge in [-0.25, -0.2) is 14.4 Å². The fourth-order valence-electron chi connectivity index (χ4n) is 3.68. The molecule has 0 aliphatic rings. The Morgan fingerprint density at radius 1 is 0.794 bits per heavy atom. The van der Waals surface area contributed by atoms with Crippen molar-refractivity contribution in [3.8, 4) is 22.5 Å². The van der Waals surface area contributed by atoms with Gasteiger partial charge in [-0.3, -0.25) is 4.79 Å². The maximum atomic E-state index is 14.0. The molecule has 0 unspecified atom stereocenters. The number of carbonyl (C=O) groups is 1. The zero-order valence-corrected chi connectivity index (χ0v) is 18.9. The van der Waals surface area contributed by atoms with Gasteiger partial charge in [0.1, 0.15) is 10.8 Å². The van der Waals surface area contributed by atoms with Crippen molar-refractivity contribution in [2.75, 3.05) is 11.1 Å². The number of hydrogen-bond donors (Lipinski definition) is 1. The molecule has 0 spiro atoms. The second-order valence-corrected chi connectivity index (χ2v) is 8.59. The van der Waals surface area contributed by atoms with E-state index in [9.17, 15) is 9.18 Å². The standard InChI is InChI=1S/C28H20FN3OS/c29-21-15-16-25-23(17-21)28(32-27(31-25)20-11-5-2-6-12-20)34-18-26(33)30-24-14-8-7-13-22(24)19-9-3-1-4-10-19/h1-17H,18H2,(H,30,33). The molecule has 5 rings (SSSR count). The third-order valence-corrected chi connectivity index (χ3v) is 6.27. The topological polar surface area (TPSA) is 54.9 Å². The Kier molecular flexibility index (Phi) is 6.31. The summed E-state index contributed by atoms with van der Waals surface area (Å²) >= 11 is 1.27. The molecular weight excluding hydrogens is 445 g/mol. The van der Waals surface area contributed by atoms with Crippen molar-refractivity contribution in [2.24, 2.45) is 0 Å². The summed E-state index contributed by atoms with van der Waals surface area (Å²) in [5, 5.41) is 4.16. The van der Waals surface area contributed by atoms with Crippen LogP contribution in [-0.2, 0) is 4.79 Å². The molecule has 4 nitrogen and oxygen atoms in total. The Balaban J connectivity index is 1.40. The van der Waals surface area contributed by atoms with E-state index in [1.165, 1.54) is 23.9 Å². The van der Waals surface area contributed by atoms with Crippen LogP contribution in [0.5, 0.6) is 0 Å². The second kappa shape index (κ2) is 9.85. The molecule has 0 aliphatic carbocycles. The molecule has 1 heterocycles. The first-order chi connectivity index (χ1) is 16.7. The van der Waals surface area contributed by atoms with Gasteiger partial charge in [-0.05, 0) is 29.8 Å². The van der Waals surface area contributed by atoms with Crippen molar-refractivity contribution >= 4 is 34.3 Å². The van der Waals surface area contributed by atoms with Crippen molar-refractivity contribution in [3.05, 3.63) is 109 Å². The monoisotopic (exact) mass is 465 g/mol. The molecule has 1 aromatic heterocycles. The maximum absolute atomic E-state index is 14.0. The van der Waals surface area contributed by atoms with E-state index in [0.717, 1.165) is 22.4 Å². The highest BCUT2D eigenvalue weighted by molar-refractivity contribution is 8.00. The highest BCUT2D eigenvalue weighted by Gasteiger charge is 2.14. The lowest BCUT2D eigenvalue weighted by molar-refractivity contribution is -0.113. The lowest BCUT2D eigenvalue weighted by Gasteiger charge is -2.12. The molecule has 0 saturated carbocycles. The number of amides is 1. The number of nitrogens with zero attached hydrogens (tertiary/aromatic N) is 2. The highest BCUT2D eigenvalue weighted by Crippen LogP contribution is 2.30. The largest absolute Gasteiger partial charge is 0.325 e. The van der Waals surface area contributed by atoms with Crippen LogP contribution in [0.15, 0.2) is 108 Å². The van der Waals surface area contributed by atoms with Crippen LogP contribution < -0.4 is 5.32 Å². The molecule has 0 fully saturated rings. The third kappa shape index (κ3) is 4.82. The number of halogens is 1. The molecule has 6 heteroatoms. The van der Waals surface area contributed by atoms with E-state index in [0.29, 0.717) is 21.8 Å². The SMILES string of the molecule is O=C(CSc1nc(-c2ccccc2)nc2ccc(F)cc12)Nc1ccccc1-c1ccccc1. The molecule has 5 aromatic rings. The molecule has 0 aliphatic heterocycles. The fourth-order valence-corrected chi connectivity index (χ4v) is 4.49. The predicted octanol–water partition coefficient (Wildman–Crippen LogP) is 6.83. The predicted molar refractivity (Wildman–Crippen MR) is 136 cm³/mol. The van der Waals surface area contributed by atoms with Crippen molar-refractivity contribution in [1.29, 1.82) is 0 Å². The quantitative estimate of drug-likeness (QED) is 0.220. The Labute approximate surface area is 200 Å². The van der Waals surface area contributed by atoms with Gasteiger partial charge in [0.25, 0.3) is 0 Å². The Bertz CT molecular complexity index is 1460. The number of thioether (sulfide) groups is 1. The number of benzene rings is 4. The van der Waals surface area contributed by atoms with E-state index in [-0.39, 0.29) is 17.5 Å². The van der Waals surface area contributed by atoms with Gasteiger partial charge in [-0.1, -0.05) is 90.6 Å². The van der Waals surface area contributed by atoms with Crippen LogP contribution in [0.3, 0.4) is 0 Å². The lowest BCUT2D eigenvalue weighted by atomic mass is 10.0. The number of fused-ring (bicyclic) bond motifs is 1. The molecule has 0 bridgehead atoms. The number of aromatic nitrogens is 2. The van der Waals surface area contributed by atoms with Gasteiger partial charge in [0, 0.05) is 22.2 Å². The van der Waals surface area contributed by atoms with Gasteiger partial charge in [0.15, 0.2) is 5.82 Å². The zero-order valence-electron chi connectivity index (χ0n) is 18.1. The molecule has 166 valence electrons. The molecule has 1 N–H and O–H groups in total. The first-order valence-corrected chi connectivity index (χ1v) is 11.8. The second-order valence-electron chi connectivity index (χ2n) is 7.63. The number of carbonyl (C=O) groups excluding carboxylic acids is 1. The summed E-state index contributed by atoms with van der Waals surface area (Å²) < 4.78 is 14.0. The lowest BCUT2D eigenvalue weighted by Crippen LogP contribution is -2.15. The van der Waals surface area contributed by atoms with Gasteiger partial charge in [0.2, 0.25) is 5.91 Å². The fraction of sp³-hybridized carbons (Fsp3) is 0.0357. The first-order valence-electron chi connectivity index (χ1n) is 10.8. The van der Waals surface area contributed by atoms with E-state index >= 15 is 0 Å². The van der Waals surface area contributed by atoms with Crippen LogP contribution in [0.4, 0.5) is 10.1 Å². The Morgan fingerprint density at radius 3 is 2.24 bits per heavy atom. The van der Waals surface area contributed by atoms with Crippen LogP contribution in [0.1, 0.15) is 0 Å². The summed E-state index contributed by atoms with van der Waals surface area (Å²) in [5.41, 5.74) is 4.20. The van der Waals surface area contributed by atoms with Gasteiger partial charge < -0.3 is 5.32 Å². The van der Waals surface area contributed by atoms with E-state index in [2.05, 4.69) is 15.3 Å². The minimum Gasteiger partial charge on any atom is -0.325 e. The summed E-state index contributed by atoms with van der Waals surface area (Å²) in [6.07, 6.45) is 0. The summed E-state index contributed by atoms with van der Waals surface area (Å²) in [6.45, 7) is 0. The first kappa shape index (κ1) is 21.8.